The van der Waals surface area contributed by atoms with E-state index in [-0.39, 0.29) is 0 Å². The molecule has 1 saturated heterocycles. The molecule has 1 N–H and O–H groups in total. The summed E-state index contributed by atoms with van der Waals surface area (Å²) in [7, 11) is 0. The minimum Gasteiger partial charge on any atom is -0.480 e. The predicted molar refractivity (Wildman–Crippen MR) is 78.3 cm³/mol. The molecule has 5 heteroatoms. The smallest absolute Gasteiger partial charge is 0.336 e. The topological polar surface area (TPSA) is 70.8 Å². The third-order valence-electron chi connectivity index (χ3n) is 4.01. The summed E-state index contributed by atoms with van der Waals surface area (Å²) in [6.45, 7) is 3.14. The second-order valence-corrected chi connectivity index (χ2v) is 5.56. The predicted octanol–water partition coefficient (Wildman–Crippen LogP) is 2.15. The van der Waals surface area contributed by atoms with Crippen molar-refractivity contribution in [2.24, 2.45) is 0 Å². The average Bonchev–Trinajstić information content (AvgIpc) is 2.86. The number of likely N-dealkylation sites (tertiary alicyclic amines) is 1. The van der Waals surface area contributed by atoms with E-state index in [1.165, 1.54) is 6.07 Å². The number of rotatable bonds is 3. The van der Waals surface area contributed by atoms with Gasteiger partial charge in [-0.05, 0) is 43.5 Å². The zero-order valence-corrected chi connectivity index (χ0v) is 11.8. The van der Waals surface area contributed by atoms with Gasteiger partial charge >= 0.3 is 11.6 Å². The Morgan fingerprint density at radius 2 is 2.24 bits per heavy atom. The Morgan fingerprint density at radius 3 is 3.00 bits per heavy atom. The van der Waals surface area contributed by atoms with Gasteiger partial charge in [0.05, 0.1) is 0 Å². The first-order chi connectivity index (χ1) is 10.0. The van der Waals surface area contributed by atoms with Crippen molar-refractivity contribution in [1.29, 1.82) is 0 Å². The normalized spacial score (nSPS) is 19.2. The number of aryl methyl sites for hydroxylation is 1. The van der Waals surface area contributed by atoms with Crippen LogP contribution in [0.2, 0.25) is 0 Å². The molecular weight excluding hydrogens is 270 g/mol. The van der Waals surface area contributed by atoms with Crippen LogP contribution in [0.5, 0.6) is 0 Å². The van der Waals surface area contributed by atoms with Crippen LogP contribution in [0, 0.1) is 6.92 Å². The number of carboxylic acid groups (broad SMARTS) is 1. The lowest BCUT2D eigenvalue weighted by molar-refractivity contribution is -0.142. The van der Waals surface area contributed by atoms with Gasteiger partial charge in [-0.3, -0.25) is 9.69 Å². The molecule has 1 fully saturated rings. The second kappa shape index (κ2) is 5.33. The summed E-state index contributed by atoms with van der Waals surface area (Å²) in [4.78, 5) is 24.9. The SMILES string of the molecule is Cc1ccc2c(CN3CCCC3C(=O)O)cc(=O)oc2c1. The van der Waals surface area contributed by atoms with E-state index >= 15 is 0 Å². The van der Waals surface area contributed by atoms with E-state index in [1.54, 1.807) is 0 Å². The maximum absolute atomic E-state index is 11.7. The summed E-state index contributed by atoms with van der Waals surface area (Å²) < 4.78 is 5.23. The molecule has 0 saturated carbocycles. The number of fused-ring (bicyclic) bond motifs is 1. The number of hydrogen-bond acceptors (Lipinski definition) is 4. The van der Waals surface area contributed by atoms with Gasteiger partial charge in [-0.25, -0.2) is 4.79 Å². The van der Waals surface area contributed by atoms with Crippen LogP contribution in [0.4, 0.5) is 0 Å². The third kappa shape index (κ3) is 2.69. The van der Waals surface area contributed by atoms with Gasteiger partial charge in [0.1, 0.15) is 11.6 Å². The molecule has 1 aliphatic rings. The van der Waals surface area contributed by atoms with Gasteiger partial charge < -0.3 is 9.52 Å². The van der Waals surface area contributed by atoms with E-state index in [0.29, 0.717) is 18.5 Å². The number of aliphatic carboxylic acids is 1. The van der Waals surface area contributed by atoms with Crippen molar-refractivity contribution < 1.29 is 14.3 Å². The highest BCUT2D eigenvalue weighted by molar-refractivity contribution is 5.81. The zero-order valence-electron chi connectivity index (χ0n) is 11.8. The molecule has 5 nitrogen and oxygen atoms in total. The molecule has 1 aliphatic heterocycles. The van der Waals surface area contributed by atoms with Gasteiger partial charge in [-0.15, -0.1) is 0 Å². The molecule has 21 heavy (non-hydrogen) atoms. The van der Waals surface area contributed by atoms with E-state index in [1.807, 2.05) is 30.0 Å². The van der Waals surface area contributed by atoms with Crippen molar-refractivity contribution in [3.05, 3.63) is 45.8 Å². The monoisotopic (exact) mass is 287 g/mol. The molecule has 1 atom stereocenters. The fourth-order valence-corrected chi connectivity index (χ4v) is 2.98. The van der Waals surface area contributed by atoms with Gasteiger partial charge in [0.15, 0.2) is 0 Å². The Balaban J connectivity index is 2.00. The number of carbonyl (C=O) groups is 1. The van der Waals surface area contributed by atoms with Crippen molar-refractivity contribution in [2.45, 2.75) is 32.4 Å². The van der Waals surface area contributed by atoms with E-state index in [9.17, 15) is 14.7 Å². The molecule has 0 aliphatic carbocycles. The number of benzene rings is 1. The van der Waals surface area contributed by atoms with Crippen LogP contribution in [0.1, 0.15) is 24.0 Å². The number of nitrogens with zero attached hydrogens (tertiary/aromatic N) is 1. The average molecular weight is 287 g/mol. The van der Waals surface area contributed by atoms with E-state index in [2.05, 4.69) is 0 Å². The molecule has 1 aromatic heterocycles. The maximum atomic E-state index is 11.7. The van der Waals surface area contributed by atoms with Crippen molar-refractivity contribution in [3.63, 3.8) is 0 Å². The maximum Gasteiger partial charge on any atom is 0.336 e. The Hall–Kier alpha value is -2.14. The summed E-state index contributed by atoms with van der Waals surface area (Å²) in [6, 6.07) is 6.73. The molecule has 1 unspecified atom stereocenters. The standard InChI is InChI=1S/C16H17NO4/c1-10-4-5-12-11(8-15(18)21-14(12)7-10)9-17-6-2-3-13(17)16(19)20/h4-5,7-8,13H,2-3,6,9H2,1H3,(H,19,20). The lowest BCUT2D eigenvalue weighted by atomic mass is 10.1. The molecule has 110 valence electrons. The van der Waals surface area contributed by atoms with Gasteiger partial charge in [-0.1, -0.05) is 12.1 Å². The van der Waals surface area contributed by atoms with Crippen molar-refractivity contribution in [3.8, 4) is 0 Å². The van der Waals surface area contributed by atoms with E-state index < -0.39 is 17.6 Å². The number of carboxylic acids is 1. The molecular formula is C16H17NO4. The number of hydrogen-bond donors (Lipinski definition) is 1. The summed E-state index contributed by atoms with van der Waals surface area (Å²) in [5.41, 5.74) is 2.01. The van der Waals surface area contributed by atoms with Gasteiger partial charge in [0.25, 0.3) is 0 Å². The lowest BCUT2D eigenvalue weighted by Gasteiger charge is -2.21. The van der Waals surface area contributed by atoms with Crippen molar-refractivity contribution in [1.82, 2.24) is 4.90 Å². The quantitative estimate of drug-likeness (QED) is 0.876. The minimum atomic E-state index is -0.796. The first-order valence-electron chi connectivity index (χ1n) is 7.05. The van der Waals surface area contributed by atoms with Crippen LogP contribution in [0.15, 0.2) is 33.5 Å². The highest BCUT2D eigenvalue weighted by Crippen LogP contribution is 2.24. The summed E-state index contributed by atoms with van der Waals surface area (Å²) in [5.74, 6) is -0.796. The summed E-state index contributed by atoms with van der Waals surface area (Å²) >= 11 is 0. The van der Waals surface area contributed by atoms with Gasteiger partial charge in [0, 0.05) is 18.0 Å². The van der Waals surface area contributed by atoms with Gasteiger partial charge in [0.2, 0.25) is 0 Å². The lowest BCUT2D eigenvalue weighted by Crippen LogP contribution is -2.35. The van der Waals surface area contributed by atoms with Crippen molar-refractivity contribution in [2.75, 3.05) is 6.54 Å². The van der Waals surface area contributed by atoms with Crippen LogP contribution >= 0.6 is 0 Å². The zero-order chi connectivity index (χ0) is 15.0. The molecule has 0 bridgehead atoms. The van der Waals surface area contributed by atoms with Crippen LogP contribution in [-0.4, -0.2) is 28.6 Å². The Labute approximate surface area is 121 Å². The Morgan fingerprint density at radius 1 is 1.43 bits per heavy atom. The summed E-state index contributed by atoms with van der Waals surface area (Å²) in [5, 5.41) is 10.1. The first-order valence-corrected chi connectivity index (χ1v) is 7.05. The first kappa shape index (κ1) is 13.8. The minimum absolute atomic E-state index is 0.394. The van der Waals surface area contributed by atoms with E-state index in [4.69, 9.17) is 4.42 Å². The molecule has 0 radical (unpaired) electrons. The van der Waals surface area contributed by atoms with E-state index in [0.717, 1.165) is 29.5 Å². The summed E-state index contributed by atoms with van der Waals surface area (Å²) in [6.07, 6.45) is 1.53. The Bertz CT molecular complexity index is 750. The molecule has 2 aromatic rings. The highest BCUT2D eigenvalue weighted by Gasteiger charge is 2.30. The third-order valence-corrected chi connectivity index (χ3v) is 4.01. The van der Waals surface area contributed by atoms with Gasteiger partial charge in [-0.2, -0.15) is 0 Å². The fraction of sp³-hybridized carbons (Fsp3) is 0.375. The molecule has 3 rings (SSSR count). The Kier molecular flexibility index (Phi) is 3.51. The van der Waals surface area contributed by atoms with Crippen LogP contribution in [-0.2, 0) is 11.3 Å². The van der Waals surface area contributed by atoms with Crippen molar-refractivity contribution >= 4 is 16.9 Å². The van der Waals surface area contributed by atoms with Crippen LogP contribution in [0.25, 0.3) is 11.0 Å². The molecule has 0 spiro atoms. The second-order valence-electron chi connectivity index (χ2n) is 5.56. The fourth-order valence-electron chi connectivity index (χ4n) is 2.98. The highest BCUT2D eigenvalue weighted by atomic mass is 16.4. The molecule has 0 amide bonds. The van der Waals surface area contributed by atoms with Crippen LogP contribution < -0.4 is 5.63 Å². The molecule has 1 aromatic carbocycles. The largest absolute Gasteiger partial charge is 0.480 e. The van der Waals surface area contributed by atoms with Crippen LogP contribution in [0.3, 0.4) is 0 Å². The molecule has 2 heterocycles.